The van der Waals surface area contributed by atoms with Crippen LogP contribution in [-0.2, 0) is 13.6 Å². The number of hydrogen-bond acceptors (Lipinski definition) is 5. The van der Waals surface area contributed by atoms with Crippen LogP contribution in [0.3, 0.4) is 0 Å². The lowest BCUT2D eigenvalue weighted by molar-refractivity contribution is 0.203. The van der Waals surface area contributed by atoms with E-state index in [-0.39, 0.29) is 12.1 Å². The lowest BCUT2D eigenvalue weighted by Crippen LogP contribution is -2.25. The zero-order valence-corrected chi connectivity index (χ0v) is 15.8. The Morgan fingerprint density at radius 1 is 1.37 bits per heavy atom. The van der Waals surface area contributed by atoms with Crippen molar-refractivity contribution in [3.8, 4) is 0 Å². The second kappa shape index (κ2) is 6.20. The average molecular weight is 383 g/mol. The van der Waals surface area contributed by atoms with Gasteiger partial charge >= 0.3 is 6.09 Å². The molecule has 0 saturated heterocycles. The van der Waals surface area contributed by atoms with E-state index in [1.807, 2.05) is 24.6 Å². The molecular weight excluding hydrogens is 366 g/mol. The highest BCUT2D eigenvalue weighted by molar-refractivity contribution is 7.19. The van der Waals surface area contributed by atoms with Gasteiger partial charge in [-0.3, -0.25) is 9.69 Å². The summed E-state index contributed by atoms with van der Waals surface area (Å²) in [5.41, 5.74) is 2.48. The number of aromatic nitrogens is 4. The zero-order chi connectivity index (χ0) is 19.3. The minimum atomic E-state index is -1.05. The third-order valence-electron chi connectivity index (χ3n) is 4.55. The summed E-state index contributed by atoms with van der Waals surface area (Å²) in [5.74, 6) is 0. The maximum absolute atomic E-state index is 13.0. The number of aryl methyl sites for hydroxylation is 2. The van der Waals surface area contributed by atoms with Crippen LogP contribution in [0, 0.1) is 6.92 Å². The summed E-state index contributed by atoms with van der Waals surface area (Å²) in [6, 6.07) is 7.04. The lowest BCUT2D eigenvalue weighted by Gasteiger charge is -2.14. The number of fused-ring (bicyclic) bond motifs is 3. The molecule has 0 atom stereocenters. The van der Waals surface area contributed by atoms with E-state index in [4.69, 9.17) is 5.11 Å². The Kier molecular flexibility index (Phi) is 3.96. The molecule has 1 aromatic carbocycles. The van der Waals surface area contributed by atoms with E-state index < -0.39 is 6.09 Å². The fourth-order valence-corrected chi connectivity index (χ4v) is 4.11. The SMILES string of the molecule is Cc1nc2c(s1)c1cnn(Cc3cccc(N(C)C(=O)O)c3)c(=O)c1n2C. The molecule has 1 amide bonds. The van der Waals surface area contributed by atoms with Crippen molar-refractivity contribution in [1.29, 1.82) is 0 Å². The number of carbonyl (C=O) groups is 1. The maximum atomic E-state index is 13.0. The summed E-state index contributed by atoms with van der Waals surface area (Å²) in [7, 11) is 3.31. The molecule has 0 bridgehead atoms. The second-order valence-corrected chi connectivity index (χ2v) is 7.53. The molecule has 0 radical (unpaired) electrons. The summed E-state index contributed by atoms with van der Waals surface area (Å²) in [5, 5.41) is 15.2. The van der Waals surface area contributed by atoms with Crippen molar-refractivity contribution in [1.82, 2.24) is 19.3 Å². The van der Waals surface area contributed by atoms with Gasteiger partial charge in [0.25, 0.3) is 5.56 Å². The molecule has 138 valence electrons. The van der Waals surface area contributed by atoms with Gasteiger partial charge in [0.1, 0.15) is 5.52 Å². The van der Waals surface area contributed by atoms with Gasteiger partial charge in [0.05, 0.1) is 22.4 Å². The molecule has 0 fully saturated rings. The van der Waals surface area contributed by atoms with Crippen LogP contribution in [0.25, 0.3) is 21.3 Å². The van der Waals surface area contributed by atoms with Crippen molar-refractivity contribution in [2.75, 3.05) is 11.9 Å². The highest BCUT2D eigenvalue weighted by atomic mass is 32.1. The minimum absolute atomic E-state index is 0.199. The molecule has 0 spiro atoms. The molecule has 0 aliphatic rings. The number of nitrogens with zero attached hydrogens (tertiary/aromatic N) is 5. The monoisotopic (exact) mass is 383 g/mol. The second-order valence-electron chi connectivity index (χ2n) is 6.33. The van der Waals surface area contributed by atoms with Gasteiger partial charge in [0, 0.05) is 25.2 Å². The highest BCUT2D eigenvalue weighted by Crippen LogP contribution is 2.30. The molecular formula is C18H17N5O3S. The van der Waals surface area contributed by atoms with Gasteiger partial charge in [-0.1, -0.05) is 12.1 Å². The van der Waals surface area contributed by atoms with Crippen LogP contribution in [0.5, 0.6) is 0 Å². The average Bonchev–Trinajstić information content (AvgIpc) is 3.14. The first-order valence-corrected chi connectivity index (χ1v) is 9.05. The van der Waals surface area contributed by atoms with Crippen molar-refractivity contribution in [3.05, 3.63) is 51.4 Å². The van der Waals surface area contributed by atoms with Crippen LogP contribution in [0.2, 0.25) is 0 Å². The first kappa shape index (κ1) is 17.2. The van der Waals surface area contributed by atoms with E-state index in [2.05, 4.69) is 10.1 Å². The Labute approximate surface area is 157 Å². The Morgan fingerprint density at radius 2 is 2.15 bits per heavy atom. The first-order chi connectivity index (χ1) is 12.9. The van der Waals surface area contributed by atoms with Crippen LogP contribution in [0.4, 0.5) is 10.5 Å². The number of amides is 1. The van der Waals surface area contributed by atoms with Crippen molar-refractivity contribution in [3.63, 3.8) is 0 Å². The third kappa shape index (κ3) is 2.76. The van der Waals surface area contributed by atoms with Crippen LogP contribution < -0.4 is 10.5 Å². The highest BCUT2D eigenvalue weighted by Gasteiger charge is 2.17. The van der Waals surface area contributed by atoms with E-state index >= 15 is 0 Å². The summed E-state index contributed by atoms with van der Waals surface area (Å²) < 4.78 is 4.16. The Morgan fingerprint density at radius 3 is 2.89 bits per heavy atom. The smallest absolute Gasteiger partial charge is 0.411 e. The third-order valence-corrected chi connectivity index (χ3v) is 5.54. The fraction of sp³-hybridized carbons (Fsp3) is 0.222. The molecule has 3 heterocycles. The van der Waals surface area contributed by atoms with Crippen LogP contribution in [0.15, 0.2) is 35.3 Å². The van der Waals surface area contributed by atoms with Gasteiger partial charge < -0.3 is 9.67 Å². The predicted octanol–water partition coefficient (Wildman–Crippen LogP) is 2.82. The number of hydrogen-bond donors (Lipinski definition) is 1. The standard InChI is InChI=1S/C18H17N5O3S/c1-10-20-16-15(27-10)13-8-19-23(17(24)14(13)22(16)3)9-11-5-4-6-12(7-11)21(2)18(25)26/h4-8H,9H2,1-3H3,(H,25,26). The summed E-state index contributed by atoms with van der Waals surface area (Å²) in [6.07, 6.45) is 0.653. The lowest BCUT2D eigenvalue weighted by atomic mass is 10.2. The van der Waals surface area contributed by atoms with Crippen LogP contribution in [0.1, 0.15) is 10.6 Å². The molecule has 4 aromatic rings. The Bertz CT molecular complexity index is 1250. The summed E-state index contributed by atoms with van der Waals surface area (Å²) >= 11 is 1.55. The first-order valence-electron chi connectivity index (χ1n) is 8.24. The topological polar surface area (TPSA) is 93.2 Å². The van der Waals surface area contributed by atoms with Gasteiger partial charge in [-0.05, 0) is 24.6 Å². The number of benzene rings is 1. The largest absolute Gasteiger partial charge is 0.465 e. The van der Waals surface area contributed by atoms with Gasteiger partial charge in [0.15, 0.2) is 5.65 Å². The van der Waals surface area contributed by atoms with E-state index in [9.17, 15) is 9.59 Å². The van der Waals surface area contributed by atoms with Gasteiger partial charge in [0.2, 0.25) is 0 Å². The number of rotatable bonds is 3. The quantitative estimate of drug-likeness (QED) is 0.587. The van der Waals surface area contributed by atoms with Crippen molar-refractivity contribution in [2.45, 2.75) is 13.5 Å². The summed E-state index contributed by atoms with van der Waals surface area (Å²) in [6.45, 7) is 2.19. The summed E-state index contributed by atoms with van der Waals surface area (Å²) in [4.78, 5) is 29.8. The van der Waals surface area contributed by atoms with Crippen LogP contribution >= 0.6 is 11.3 Å². The van der Waals surface area contributed by atoms with Gasteiger partial charge in [-0.15, -0.1) is 11.3 Å². The molecule has 0 aliphatic carbocycles. The number of anilines is 1. The predicted molar refractivity (Wildman–Crippen MR) is 105 cm³/mol. The Hall–Kier alpha value is -3.20. The molecule has 3 aromatic heterocycles. The number of carboxylic acid groups (broad SMARTS) is 1. The van der Waals surface area contributed by atoms with Gasteiger partial charge in [-0.25, -0.2) is 14.5 Å². The van der Waals surface area contributed by atoms with E-state index in [0.717, 1.165) is 31.2 Å². The van der Waals surface area contributed by atoms with E-state index in [1.54, 1.807) is 35.7 Å². The molecule has 4 rings (SSSR count). The zero-order valence-electron chi connectivity index (χ0n) is 15.0. The van der Waals surface area contributed by atoms with Crippen molar-refractivity contribution in [2.24, 2.45) is 7.05 Å². The van der Waals surface area contributed by atoms with Crippen LogP contribution in [-0.4, -0.2) is 37.6 Å². The molecule has 0 aliphatic heterocycles. The Balaban J connectivity index is 1.78. The van der Waals surface area contributed by atoms with Crippen molar-refractivity contribution < 1.29 is 9.90 Å². The fourth-order valence-electron chi connectivity index (χ4n) is 3.15. The molecule has 0 saturated carbocycles. The van der Waals surface area contributed by atoms with E-state index in [0.29, 0.717) is 11.2 Å². The van der Waals surface area contributed by atoms with Gasteiger partial charge in [-0.2, -0.15) is 5.10 Å². The molecule has 27 heavy (non-hydrogen) atoms. The normalized spacial score (nSPS) is 11.4. The van der Waals surface area contributed by atoms with E-state index in [1.165, 1.54) is 11.7 Å². The molecule has 9 heteroatoms. The molecule has 8 nitrogen and oxygen atoms in total. The molecule has 1 N–H and O–H groups in total. The minimum Gasteiger partial charge on any atom is -0.465 e. The van der Waals surface area contributed by atoms with Crippen molar-refractivity contribution >= 4 is 44.4 Å². The molecule has 0 unspecified atom stereocenters. The number of thiazole rings is 1. The maximum Gasteiger partial charge on any atom is 0.411 e.